The third-order valence-electron chi connectivity index (χ3n) is 12.9. The summed E-state index contributed by atoms with van der Waals surface area (Å²) in [6, 6.07) is 15.5. The number of aryl methyl sites for hydroxylation is 1. The molecule has 3 fully saturated rings. The van der Waals surface area contributed by atoms with E-state index in [1.54, 1.807) is 27.9 Å². The summed E-state index contributed by atoms with van der Waals surface area (Å²) in [6.07, 6.45) is 5.18. The van der Waals surface area contributed by atoms with Crippen LogP contribution in [0.4, 0.5) is 10.5 Å². The number of piperazine rings is 1. The Morgan fingerprint density at radius 1 is 0.955 bits per heavy atom. The van der Waals surface area contributed by atoms with E-state index in [0.717, 1.165) is 88.0 Å². The number of benzene rings is 2. The summed E-state index contributed by atoms with van der Waals surface area (Å²) < 4.78 is 19.6. The number of carbonyl (C=O) groups excluding carboxylic acids is 3. The van der Waals surface area contributed by atoms with Gasteiger partial charge in [-0.25, -0.2) is 10.2 Å². The van der Waals surface area contributed by atoms with Crippen molar-refractivity contribution in [1.29, 1.82) is 0 Å². The van der Waals surface area contributed by atoms with Crippen molar-refractivity contribution in [3.63, 3.8) is 0 Å². The van der Waals surface area contributed by atoms with Crippen molar-refractivity contribution in [1.82, 2.24) is 30.2 Å². The van der Waals surface area contributed by atoms with E-state index in [1.165, 1.54) is 24.8 Å². The van der Waals surface area contributed by atoms with Gasteiger partial charge in [-0.3, -0.25) is 29.3 Å². The lowest BCUT2D eigenvalue weighted by molar-refractivity contribution is -0.148. The van der Waals surface area contributed by atoms with E-state index in [-0.39, 0.29) is 25.1 Å². The number of carbonyl (C=O) groups is 4. The van der Waals surface area contributed by atoms with Crippen LogP contribution in [0.25, 0.3) is 33.3 Å². The Hall–Kier alpha value is -5.51. The van der Waals surface area contributed by atoms with Gasteiger partial charge in [0.15, 0.2) is 0 Å². The number of nitrogens with one attached hydrogen (secondary N) is 2. The van der Waals surface area contributed by atoms with Crippen molar-refractivity contribution < 1.29 is 38.5 Å². The summed E-state index contributed by atoms with van der Waals surface area (Å²) in [5.74, 6) is -1.81. The Balaban J connectivity index is 1.30. The molecule has 1 aliphatic carbocycles. The first-order chi connectivity index (χ1) is 31.3. The number of aliphatic carboxylic acids is 1. The highest BCUT2D eigenvalue weighted by molar-refractivity contribution is 5.96. The van der Waals surface area contributed by atoms with Crippen molar-refractivity contribution >= 4 is 40.5 Å². The second-order valence-electron chi connectivity index (χ2n) is 19.9. The van der Waals surface area contributed by atoms with Crippen LogP contribution in [-0.4, -0.2) is 119 Å². The number of amides is 2. The van der Waals surface area contributed by atoms with Crippen LogP contribution in [0.15, 0.2) is 54.7 Å². The number of carboxylic acid groups (broad SMARTS) is 1. The fourth-order valence-electron chi connectivity index (χ4n) is 9.37. The van der Waals surface area contributed by atoms with E-state index < -0.39 is 41.1 Å². The van der Waals surface area contributed by atoms with Crippen LogP contribution in [0.2, 0.25) is 0 Å². The van der Waals surface area contributed by atoms with Gasteiger partial charge in [0.05, 0.1) is 36.0 Å². The van der Waals surface area contributed by atoms with Crippen molar-refractivity contribution in [3.05, 3.63) is 71.5 Å². The summed E-state index contributed by atoms with van der Waals surface area (Å²) in [5.41, 5.74) is 10.5. The first kappa shape index (κ1) is 48.4. The Bertz CT molecular complexity index is 2410. The normalized spacial score (nSPS) is 18.2. The molecular formula is C51H69N7O8. The quantitative estimate of drug-likeness (QED) is 0.0948. The molecule has 0 radical (unpaired) electrons. The number of hydrogen-bond acceptors (Lipinski definition) is 11. The molecule has 2 aliphatic heterocycles. The number of carboxylic acids is 1. The number of ether oxygens (including phenoxy) is 3. The number of alkyl carbamates (subject to hydrolysis) is 1. The van der Waals surface area contributed by atoms with E-state index in [2.05, 4.69) is 70.1 Å². The van der Waals surface area contributed by atoms with Crippen LogP contribution < -0.4 is 15.6 Å². The van der Waals surface area contributed by atoms with Gasteiger partial charge in [0.2, 0.25) is 0 Å². The fourth-order valence-corrected chi connectivity index (χ4v) is 9.37. The molecule has 15 nitrogen and oxygen atoms in total. The molecular weight excluding hydrogens is 839 g/mol. The summed E-state index contributed by atoms with van der Waals surface area (Å²) in [5, 5.41) is 14.9. The van der Waals surface area contributed by atoms with Crippen LogP contribution in [0.5, 0.6) is 0 Å². The Morgan fingerprint density at radius 3 is 2.33 bits per heavy atom. The minimum atomic E-state index is -1.04. The van der Waals surface area contributed by atoms with Gasteiger partial charge >= 0.3 is 18.0 Å². The van der Waals surface area contributed by atoms with Crippen LogP contribution in [0, 0.1) is 5.41 Å². The lowest BCUT2D eigenvalue weighted by Crippen LogP contribution is -2.60. The molecule has 4 aromatic rings. The number of methoxy groups -OCH3 is 1. The lowest BCUT2D eigenvalue weighted by Gasteiger charge is -2.36. The molecule has 2 unspecified atom stereocenters. The van der Waals surface area contributed by atoms with Crippen molar-refractivity contribution in [3.8, 4) is 22.4 Å². The van der Waals surface area contributed by atoms with Crippen LogP contribution in [-0.2, 0) is 48.0 Å². The number of hydrazine groups is 1. The van der Waals surface area contributed by atoms with Crippen molar-refractivity contribution in [2.75, 3.05) is 51.3 Å². The molecule has 15 heteroatoms. The molecule has 2 saturated heterocycles. The van der Waals surface area contributed by atoms with E-state index in [4.69, 9.17) is 19.2 Å². The van der Waals surface area contributed by atoms with Crippen molar-refractivity contribution in [2.24, 2.45) is 5.41 Å². The number of hydrogen-bond donors (Lipinski definition) is 3. The van der Waals surface area contributed by atoms with Crippen LogP contribution in [0.1, 0.15) is 104 Å². The molecule has 0 bridgehead atoms. The number of pyridine rings is 1. The molecule has 66 heavy (non-hydrogen) atoms. The molecule has 2 amide bonds. The minimum Gasteiger partial charge on any atom is -0.480 e. The van der Waals surface area contributed by atoms with Gasteiger partial charge in [0, 0.05) is 87.6 Å². The SMILES string of the molecule is CCn1c(-c2cc(N3CCN(C4CC4)CC3)cnc2[C@H](C)OC)c(CC(C)(C)COC(C)=O)c2cc(-c3cccc(CC(NC(=O)OC(C)(C)C)C(=O)N4CCCC(C(=O)O)N4)c3)ccc21. The molecule has 3 atom stereocenters. The number of anilines is 1. The zero-order valence-electron chi connectivity index (χ0n) is 40.2. The maximum absolute atomic E-state index is 14.1. The number of aromatic nitrogens is 2. The highest BCUT2D eigenvalue weighted by Crippen LogP contribution is 2.43. The summed E-state index contributed by atoms with van der Waals surface area (Å²) in [6.45, 7) is 20.3. The molecule has 1 saturated carbocycles. The fraction of sp³-hybridized carbons (Fsp3) is 0.549. The molecule has 7 rings (SSSR count). The smallest absolute Gasteiger partial charge is 0.408 e. The van der Waals surface area contributed by atoms with Gasteiger partial charge < -0.3 is 34.1 Å². The second kappa shape index (κ2) is 20.2. The second-order valence-corrected chi connectivity index (χ2v) is 19.9. The van der Waals surface area contributed by atoms with Crippen LogP contribution >= 0.6 is 0 Å². The van der Waals surface area contributed by atoms with Gasteiger partial charge in [0.25, 0.3) is 5.91 Å². The lowest BCUT2D eigenvalue weighted by atomic mass is 9.84. The number of nitrogens with zero attached hydrogens (tertiary/aromatic N) is 5. The topological polar surface area (TPSA) is 168 Å². The first-order valence-electron chi connectivity index (χ1n) is 23.5. The third-order valence-corrected chi connectivity index (χ3v) is 12.9. The molecule has 4 heterocycles. The molecule has 2 aromatic carbocycles. The molecule has 3 N–H and O–H groups in total. The van der Waals surface area contributed by atoms with E-state index in [0.29, 0.717) is 32.4 Å². The average Bonchev–Trinajstić information content (AvgIpc) is 4.10. The summed E-state index contributed by atoms with van der Waals surface area (Å²) >= 11 is 0. The highest BCUT2D eigenvalue weighted by Gasteiger charge is 2.35. The van der Waals surface area contributed by atoms with Gasteiger partial charge in [-0.2, -0.15) is 0 Å². The standard InChI is InChI=1S/C51H69N7O8/c1-10-57-44-19-16-36(35-14-11-13-34(25-35)26-43(53-49(63)66-50(4,5)6)47(60)58-20-12-15-42(54-58)48(61)62)27-39(44)41(29-51(7,8)31-65-33(3)59)46(57)40-28-38(30-52-45(40)32(2)64-9)56-23-21-55(22-24-56)37-17-18-37/h11,13-14,16,19,25,27-28,30,32,37,42-43,54H,10,12,15,17-18,20-24,26,29,31H2,1-9H3,(H,53,63)(H,61,62)/t32-,42?,43?/m0/s1. The van der Waals surface area contributed by atoms with Gasteiger partial charge in [-0.05, 0) is 107 Å². The summed E-state index contributed by atoms with van der Waals surface area (Å²) in [7, 11) is 1.71. The van der Waals surface area contributed by atoms with E-state index >= 15 is 0 Å². The Morgan fingerprint density at radius 2 is 1.68 bits per heavy atom. The minimum absolute atomic E-state index is 0.134. The predicted octanol–water partition coefficient (Wildman–Crippen LogP) is 7.53. The number of fused-ring (bicyclic) bond motifs is 1. The zero-order valence-corrected chi connectivity index (χ0v) is 40.2. The van der Waals surface area contributed by atoms with Crippen molar-refractivity contribution in [2.45, 2.75) is 130 Å². The maximum Gasteiger partial charge on any atom is 0.408 e. The highest BCUT2D eigenvalue weighted by atomic mass is 16.6. The maximum atomic E-state index is 14.1. The van der Waals surface area contributed by atoms with Gasteiger partial charge in [-0.15, -0.1) is 0 Å². The number of rotatable bonds is 16. The third kappa shape index (κ3) is 11.5. The average molecular weight is 908 g/mol. The zero-order chi connectivity index (χ0) is 47.5. The monoisotopic (exact) mass is 908 g/mol. The van der Waals surface area contributed by atoms with Gasteiger partial charge in [-0.1, -0.05) is 44.2 Å². The predicted molar refractivity (Wildman–Crippen MR) is 255 cm³/mol. The van der Waals surface area contributed by atoms with Crippen LogP contribution in [0.3, 0.4) is 0 Å². The molecule has 2 aromatic heterocycles. The summed E-state index contributed by atoms with van der Waals surface area (Å²) in [4.78, 5) is 61.4. The van der Waals surface area contributed by atoms with Gasteiger partial charge in [0.1, 0.15) is 17.7 Å². The van der Waals surface area contributed by atoms with E-state index in [9.17, 15) is 24.3 Å². The molecule has 356 valence electrons. The first-order valence-corrected chi connectivity index (χ1v) is 23.5. The molecule has 0 spiro atoms. The molecule has 3 aliphatic rings. The Kier molecular flexibility index (Phi) is 14.8. The largest absolute Gasteiger partial charge is 0.480 e. The Labute approximate surface area is 389 Å². The number of esters is 1. The van der Waals surface area contributed by atoms with E-state index in [1.807, 2.05) is 37.4 Å².